The Bertz CT molecular complexity index is 835. The number of benzene rings is 2. The number of nitro groups is 1. The minimum atomic E-state index is -4.00. The van der Waals surface area contributed by atoms with Crippen molar-refractivity contribution in [1.82, 2.24) is 0 Å². The molecule has 0 N–H and O–H groups in total. The third-order valence-electron chi connectivity index (χ3n) is 3.03. The minimum Gasteiger partial charge on any atom is -0.262 e. The lowest BCUT2D eigenvalue weighted by atomic mass is 10.3. The fourth-order valence-corrected chi connectivity index (χ4v) is 3.38. The number of hydrogen-bond donors (Lipinski definition) is 0. The third kappa shape index (κ3) is 3.54. The van der Waals surface area contributed by atoms with Gasteiger partial charge in [-0.1, -0.05) is 12.1 Å². The Morgan fingerprint density at radius 3 is 2.43 bits per heavy atom. The van der Waals surface area contributed by atoms with Crippen molar-refractivity contribution in [3.8, 4) is 0 Å². The molecule has 6 nitrogen and oxygen atoms in total. The van der Waals surface area contributed by atoms with Crippen LogP contribution >= 0.6 is 0 Å². The maximum absolute atomic E-state index is 13.0. The predicted octanol–water partition coefficient (Wildman–Crippen LogP) is 3.12. The van der Waals surface area contributed by atoms with Gasteiger partial charge in [0.2, 0.25) is 0 Å². The molecule has 23 heavy (non-hydrogen) atoms. The van der Waals surface area contributed by atoms with Gasteiger partial charge in [-0.25, -0.2) is 12.8 Å². The van der Waals surface area contributed by atoms with Crippen molar-refractivity contribution >= 4 is 21.4 Å². The lowest BCUT2D eigenvalue weighted by Gasteiger charge is -2.23. The van der Waals surface area contributed by atoms with Crippen LogP contribution in [0, 0.1) is 15.9 Å². The highest BCUT2D eigenvalue weighted by molar-refractivity contribution is 7.92. The van der Waals surface area contributed by atoms with E-state index in [0.717, 1.165) is 34.6 Å². The quantitative estimate of drug-likeness (QED) is 0.461. The van der Waals surface area contributed by atoms with E-state index < -0.39 is 20.8 Å². The summed E-state index contributed by atoms with van der Waals surface area (Å²) < 4.78 is 39.4. The first-order valence-corrected chi connectivity index (χ1v) is 7.94. The fraction of sp³-hybridized carbons (Fsp3) is 0.0667. The fourth-order valence-electron chi connectivity index (χ4n) is 1.96. The van der Waals surface area contributed by atoms with Gasteiger partial charge in [0.15, 0.2) is 0 Å². The molecule has 0 saturated heterocycles. The third-order valence-corrected chi connectivity index (χ3v) is 4.83. The van der Waals surface area contributed by atoms with Crippen molar-refractivity contribution in [2.24, 2.45) is 0 Å². The molecule has 0 aliphatic carbocycles. The summed E-state index contributed by atoms with van der Waals surface area (Å²) in [5.74, 6) is -0.561. The van der Waals surface area contributed by atoms with Crippen LogP contribution in [0.5, 0.6) is 0 Å². The predicted molar refractivity (Wildman–Crippen MR) is 84.2 cm³/mol. The molecule has 0 aromatic heterocycles. The zero-order chi connectivity index (χ0) is 17.0. The van der Waals surface area contributed by atoms with Crippen molar-refractivity contribution in [3.05, 3.63) is 77.1 Å². The molecule has 2 aromatic carbocycles. The number of non-ortho nitro benzene ring substituents is 1. The van der Waals surface area contributed by atoms with Gasteiger partial charge in [0.1, 0.15) is 5.82 Å². The summed E-state index contributed by atoms with van der Waals surface area (Å²) in [5.41, 5.74) is -0.103. The molecular weight excluding hydrogens is 323 g/mol. The number of hydrogen-bond acceptors (Lipinski definition) is 4. The van der Waals surface area contributed by atoms with Crippen LogP contribution in [-0.2, 0) is 10.0 Å². The van der Waals surface area contributed by atoms with Crippen LogP contribution in [-0.4, -0.2) is 19.9 Å². The van der Waals surface area contributed by atoms with Gasteiger partial charge >= 0.3 is 0 Å². The molecule has 0 aliphatic rings. The van der Waals surface area contributed by atoms with Crippen LogP contribution in [0.4, 0.5) is 15.8 Å². The average molecular weight is 336 g/mol. The Labute approximate surface area is 132 Å². The van der Waals surface area contributed by atoms with Gasteiger partial charge in [0, 0.05) is 12.1 Å². The summed E-state index contributed by atoms with van der Waals surface area (Å²) in [6.07, 6.45) is 1.36. The largest absolute Gasteiger partial charge is 0.271 e. The van der Waals surface area contributed by atoms with Crippen LogP contribution in [0.2, 0.25) is 0 Å². The van der Waals surface area contributed by atoms with E-state index in [9.17, 15) is 22.9 Å². The molecule has 0 aliphatic heterocycles. The Morgan fingerprint density at radius 1 is 1.22 bits per heavy atom. The molecule has 0 spiro atoms. The van der Waals surface area contributed by atoms with Crippen molar-refractivity contribution in [2.75, 3.05) is 10.8 Å². The zero-order valence-corrected chi connectivity index (χ0v) is 12.7. The topological polar surface area (TPSA) is 80.5 Å². The molecule has 0 radical (unpaired) electrons. The molecule has 0 atom stereocenters. The number of nitro benzene ring substituents is 1. The van der Waals surface area contributed by atoms with Gasteiger partial charge in [-0.05, 0) is 30.3 Å². The molecule has 0 bridgehead atoms. The standard InChI is InChI=1S/C15H13FN2O4S/c1-2-10-17(13-4-3-5-14(11-13)18(19)20)23(21,22)15-8-6-12(16)7-9-15/h2-9,11H,1,10H2. The maximum Gasteiger partial charge on any atom is 0.271 e. The second-order valence-electron chi connectivity index (χ2n) is 4.56. The monoisotopic (exact) mass is 336 g/mol. The van der Waals surface area contributed by atoms with Crippen LogP contribution in [0.25, 0.3) is 0 Å². The van der Waals surface area contributed by atoms with E-state index in [-0.39, 0.29) is 22.8 Å². The molecule has 0 unspecified atom stereocenters. The van der Waals surface area contributed by atoms with Crippen LogP contribution in [0.3, 0.4) is 0 Å². The van der Waals surface area contributed by atoms with Gasteiger partial charge in [-0.2, -0.15) is 0 Å². The van der Waals surface area contributed by atoms with Gasteiger partial charge in [-0.15, -0.1) is 6.58 Å². The first-order chi connectivity index (χ1) is 10.9. The Hall–Kier alpha value is -2.74. The highest BCUT2D eigenvalue weighted by Gasteiger charge is 2.25. The van der Waals surface area contributed by atoms with Crippen LogP contribution in [0.1, 0.15) is 0 Å². The summed E-state index contributed by atoms with van der Waals surface area (Å²) in [7, 11) is -4.00. The molecule has 0 fully saturated rings. The summed E-state index contributed by atoms with van der Waals surface area (Å²) >= 11 is 0. The van der Waals surface area contributed by atoms with Crippen molar-refractivity contribution in [2.45, 2.75) is 4.90 Å². The number of rotatable bonds is 6. The second kappa shape index (κ2) is 6.57. The van der Waals surface area contributed by atoms with Crippen LogP contribution < -0.4 is 4.31 Å². The molecular formula is C15H13FN2O4S. The molecule has 2 aromatic rings. The summed E-state index contributed by atoms with van der Waals surface area (Å²) in [6.45, 7) is 3.42. The number of nitrogens with zero attached hydrogens (tertiary/aromatic N) is 2. The van der Waals surface area contributed by atoms with Gasteiger partial charge < -0.3 is 0 Å². The number of sulfonamides is 1. The highest BCUT2D eigenvalue weighted by Crippen LogP contribution is 2.27. The van der Waals surface area contributed by atoms with E-state index in [2.05, 4.69) is 6.58 Å². The van der Waals surface area contributed by atoms with Crippen LogP contribution in [0.15, 0.2) is 66.1 Å². The molecule has 0 saturated carbocycles. The lowest BCUT2D eigenvalue weighted by molar-refractivity contribution is -0.384. The minimum absolute atomic E-state index is 0.0825. The summed E-state index contributed by atoms with van der Waals surface area (Å²) in [6, 6.07) is 9.60. The van der Waals surface area contributed by atoms with Gasteiger partial charge in [0.25, 0.3) is 15.7 Å². The molecule has 0 heterocycles. The van der Waals surface area contributed by atoms with E-state index in [4.69, 9.17) is 0 Å². The second-order valence-corrected chi connectivity index (χ2v) is 6.42. The smallest absolute Gasteiger partial charge is 0.262 e. The lowest BCUT2D eigenvalue weighted by Crippen LogP contribution is -2.31. The van der Waals surface area contributed by atoms with E-state index in [1.165, 1.54) is 24.3 Å². The maximum atomic E-state index is 13.0. The normalized spacial score (nSPS) is 11.0. The average Bonchev–Trinajstić information content (AvgIpc) is 2.53. The van der Waals surface area contributed by atoms with Crippen molar-refractivity contribution < 1.29 is 17.7 Å². The van der Waals surface area contributed by atoms with E-state index in [1.807, 2.05) is 0 Å². The number of halogens is 1. The molecule has 0 amide bonds. The van der Waals surface area contributed by atoms with Gasteiger partial charge in [0.05, 0.1) is 22.1 Å². The van der Waals surface area contributed by atoms with E-state index in [0.29, 0.717) is 0 Å². The first kappa shape index (κ1) is 16.6. The van der Waals surface area contributed by atoms with Crippen molar-refractivity contribution in [3.63, 3.8) is 0 Å². The summed E-state index contributed by atoms with van der Waals surface area (Å²) in [4.78, 5) is 10.1. The SMILES string of the molecule is C=CCN(c1cccc([N+](=O)[O-])c1)S(=O)(=O)c1ccc(F)cc1. The van der Waals surface area contributed by atoms with Crippen molar-refractivity contribution in [1.29, 1.82) is 0 Å². The first-order valence-electron chi connectivity index (χ1n) is 6.50. The van der Waals surface area contributed by atoms with Gasteiger partial charge in [-0.3, -0.25) is 14.4 Å². The number of anilines is 1. The highest BCUT2D eigenvalue weighted by atomic mass is 32.2. The van der Waals surface area contributed by atoms with E-state index >= 15 is 0 Å². The Kier molecular flexibility index (Phi) is 4.75. The summed E-state index contributed by atoms with van der Waals surface area (Å²) in [5, 5.41) is 10.9. The zero-order valence-electron chi connectivity index (χ0n) is 11.9. The molecule has 2 rings (SSSR count). The Balaban J connectivity index is 2.53. The van der Waals surface area contributed by atoms with E-state index in [1.54, 1.807) is 0 Å². The molecule has 120 valence electrons. The molecule has 8 heteroatoms. The Morgan fingerprint density at radius 2 is 1.87 bits per heavy atom.